The second-order valence-corrected chi connectivity index (χ2v) is 3.26. The highest BCUT2D eigenvalue weighted by molar-refractivity contribution is 4.83. The van der Waals surface area contributed by atoms with Gasteiger partial charge in [-0.15, -0.1) is 0 Å². The average molecular weight is 124 g/mol. The summed E-state index contributed by atoms with van der Waals surface area (Å²) in [7, 11) is 0. The molecule has 2 aliphatic heterocycles. The highest BCUT2D eigenvalue weighted by Crippen LogP contribution is 2.27. The Morgan fingerprint density at radius 1 is 1.33 bits per heavy atom. The summed E-state index contributed by atoms with van der Waals surface area (Å²) in [5.74, 6) is 1.05. The van der Waals surface area contributed by atoms with E-state index in [9.17, 15) is 0 Å². The SMILES string of the molecule is [CH]1CCC2CCCN1C2. The fraction of sp³-hybridized carbons (Fsp3) is 0.875. The van der Waals surface area contributed by atoms with Crippen molar-refractivity contribution in [3.05, 3.63) is 6.54 Å². The van der Waals surface area contributed by atoms with Crippen molar-refractivity contribution in [2.24, 2.45) is 5.92 Å². The van der Waals surface area contributed by atoms with Gasteiger partial charge in [0, 0.05) is 13.1 Å². The van der Waals surface area contributed by atoms with E-state index in [0.29, 0.717) is 0 Å². The first-order valence-electron chi connectivity index (χ1n) is 4.02. The van der Waals surface area contributed by atoms with Gasteiger partial charge in [0.15, 0.2) is 0 Å². The van der Waals surface area contributed by atoms with Gasteiger partial charge in [-0.05, 0) is 38.1 Å². The summed E-state index contributed by atoms with van der Waals surface area (Å²) in [5, 5.41) is 0. The zero-order chi connectivity index (χ0) is 6.10. The van der Waals surface area contributed by atoms with E-state index in [1.54, 1.807) is 0 Å². The van der Waals surface area contributed by atoms with Crippen LogP contribution in [0.4, 0.5) is 0 Å². The van der Waals surface area contributed by atoms with Gasteiger partial charge in [-0.2, -0.15) is 0 Å². The molecule has 2 unspecified atom stereocenters. The summed E-state index contributed by atoms with van der Waals surface area (Å²) in [6.45, 7) is 5.08. The first-order valence-corrected chi connectivity index (χ1v) is 4.02. The van der Waals surface area contributed by atoms with Crippen LogP contribution in [0.25, 0.3) is 0 Å². The van der Waals surface area contributed by atoms with Gasteiger partial charge in [0.05, 0.1) is 0 Å². The quantitative estimate of drug-likeness (QED) is 0.474. The van der Waals surface area contributed by atoms with Crippen molar-refractivity contribution in [1.82, 2.24) is 4.90 Å². The summed E-state index contributed by atoms with van der Waals surface area (Å²) < 4.78 is 0. The predicted molar refractivity (Wildman–Crippen MR) is 37.8 cm³/mol. The van der Waals surface area contributed by atoms with Crippen molar-refractivity contribution in [1.29, 1.82) is 0 Å². The third-order valence-corrected chi connectivity index (χ3v) is 2.51. The van der Waals surface area contributed by atoms with Crippen LogP contribution < -0.4 is 0 Å². The molecule has 1 nitrogen and oxygen atoms in total. The molecule has 2 rings (SSSR count). The van der Waals surface area contributed by atoms with Crippen LogP contribution in [0.15, 0.2) is 0 Å². The van der Waals surface area contributed by atoms with Gasteiger partial charge in [0.1, 0.15) is 0 Å². The van der Waals surface area contributed by atoms with Gasteiger partial charge >= 0.3 is 0 Å². The van der Waals surface area contributed by atoms with Crippen molar-refractivity contribution in [2.75, 3.05) is 13.1 Å². The topological polar surface area (TPSA) is 3.24 Å². The van der Waals surface area contributed by atoms with Crippen LogP contribution >= 0.6 is 0 Å². The van der Waals surface area contributed by atoms with E-state index in [-0.39, 0.29) is 0 Å². The predicted octanol–water partition coefficient (Wildman–Crippen LogP) is 1.65. The van der Waals surface area contributed by atoms with Gasteiger partial charge in [-0.25, -0.2) is 0 Å². The number of fused-ring (bicyclic) bond motifs is 2. The van der Waals surface area contributed by atoms with E-state index < -0.39 is 0 Å². The minimum Gasteiger partial charge on any atom is -0.299 e. The zero-order valence-corrected chi connectivity index (χ0v) is 5.84. The summed E-state index contributed by atoms with van der Waals surface area (Å²) in [6.07, 6.45) is 5.71. The van der Waals surface area contributed by atoms with E-state index in [2.05, 4.69) is 11.4 Å². The molecular formula is C8H14N. The van der Waals surface area contributed by atoms with E-state index in [0.717, 1.165) is 5.92 Å². The lowest BCUT2D eigenvalue weighted by atomic mass is 9.90. The van der Waals surface area contributed by atoms with Crippen LogP contribution in [0.3, 0.4) is 0 Å². The molecule has 9 heavy (non-hydrogen) atoms. The summed E-state index contributed by atoms with van der Waals surface area (Å²) in [5.41, 5.74) is 0. The fourth-order valence-corrected chi connectivity index (χ4v) is 1.99. The molecule has 1 radical (unpaired) electrons. The monoisotopic (exact) mass is 124 g/mol. The molecule has 2 atom stereocenters. The van der Waals surface area contributed by atoms with Gasteiger partial charge in [0.25, 0.3) is 0 Å². The number of piperidine rings is 2. The number of nitrogens with zero attached hydrogens (tertiary/aromatic N) is 1. The molecule has 2 bridgehead atoms. The molecule has 0 aromatic heterocycles. The summed E-state index contributed by atoms with van der Waals surface area (Å²) in [6, 6.07) is 0. The maximum atomic E-state index is 2.50. The maximum Gasteiger partial charge on any atom is 0.0251 e. The second-order valence-electron chi connectivity index (χ2n) is 3.26. The van der Waals surface area contributed by atoms with Crippen molar-refractivity contribution in [2.45, 2.75) is 25.7 Å². The molecule has 51 valence electrons. The van der Waals surface area contributed by atoms with Crippen LogP contribution in [-0.4, -0.2) is 18.0 Å². The summed E-state index contributed by atoms with van der Waals surface area (Å²) >= 11 is 0. The normalized spacial score (nSPS) is 42.7. The van der Waals surface area contributed by atoms with E-state index in [1.165, 1.54) is 38.8 Å². The van der Waals surface area contributed by atoms with Crippen molar-refractivity contribution in [3.8, 4) is 0 Å². The van der Waals surface area contributed by atoms with Crippen LogP contribution in [0.5, 0.6) is 0 Å². The molecule has 2 aliphatic rings. The Kier molecular flexibility index (Phi) is 1.46. The first kappa shape index (κ1) is 5.72. The highest BCUT2D eigenvalue weighted by atomic mass is 15.1. The van der Waals surface area contributed by atoms with Crippen molar-refractivity contribution >= 4 is 0 Å². The molecule has 0 spiro atoms. The molecule has 0 aromatic rings. The van der Waals surface area contributed by atoms with Crippen molar-refractivity contribution in [3.63, 3.8) is 0 Å². The van der Waals surface area contributed by atoms with Crippen LogP contribution in [-0.2, 0) is 0 Å². The molecule has 2 heterocycles. The van der Waals surface area contributed by atoms with Gasteiger partial charge in [-0.3, -0.25) is 4.90 Å². The lowest BCUT2D eigenvalue weighted by Crippen LogP contribution is -2.37. The number of hydrogen-bond donors (Lipinski definition) is 0. The Bertz CT molecular complexity index is 80.7. The second kappa shape index (κ2) is 2.30. The van der Waals surface area contributed by atoms with E-state index >= 15 is 0 Å². The molecule has 1 heteroatoms. The summed E-state index contributed by atoms with van der Waals surface area (Å²) in [4.78, 5) is 2.50. The Balaban J connectivity index is 1.96. The highest BCUT2D eigenvalue weighted by Gasteiger charge is 2.23. The fourth-order valence-electron chi connectivity index (χ4n) is 1.99. The molecule has 0 N–H and O–H groups in total. The van der Waals surface area contributed by atoms with Crippen LogP contribution in [0, 0.1) is 12.5 Å². The Morgan fingerprint density at radius 2 is 2.33 bits per heavy atom. The lowest BCUT2D eigenvalue weighted by molar-refractivity contribution is 0.161. The van der Waals surface area contributed by atoms with Gasteiger partial charge in [-0.1, -0.05) is 0 Å². The molecule has 2 fully saturated rings. The molecule has 0 aromatic carbocycles. The molecule has 0 aliphatic carbocycles. The average Bonchev–Trinajstić information content (AvgIpc) is 1.88. The lowest BCUT2D eigenvalue weighted by Gasteiger charge is -2.36. The van der Waals surface area contributed by atoms with E-state index in [1.807, 2.05) is 0 Å². The maximum absolute atomic E-state index is 2.50. The molecule has 2 saturated heterocycles. The first-order chi connectivity index (χ1) is 4.45. The third kappa shape index (κ3) is 1.11. The number of rotatable bonds is 0. The zero-order valence-electron chi connectivity index (χ0n) is 5.84. The largest absolute Gasteiger partial charge is 0.299 e. The molecular weight excluding hydrogens is 110 g/mol. The Hall–Kier alpha value is -0.0400. The van der Waals surface area contributed by atoms with Gasteiger partial charge in [0.2, 0.25) is 0 Å². The van der Waals surface area contributed by atoms with Crippen LogP contribution in [0.2, 0.25) is 0 Å². The molecule has 0 amide bonds. The molecule has 0 saturated carbocycles. The Morgan fingerprint density at radius 3 is 3.11 bits per heavy atom. The minimum atomic E-state index is 1.05. The number of hydrogen-bond acceptors (Lipinski definition) is 1. The van der Waals surface area contributed by atoms with Gasteiger partial charge < -0.3 is 0 Å². The standard InChI is InChI=1S/C8H14N/c1-3-8-4-2-6-9(5-1)7-8/h5,8H,1-4,6-7H2. The third-order valence-electron chi connectivity index (χ3n) is 2.51. The van der Waals surface area contributed by atoms with Crippen molar-refractivity contribution < 1.29 is 0 Å². The Labute approximate surface area is 57.0 Å². The van der Waals surface area contributed by atoms with Crippen LogP contribution in [0.1, 0.15) is 25.7 Å². The smallest absolute Gasteiger partial charge is 0.0251 e. The van der Waals surface area contributed by atoms with E-state index in [4.69, 9.17) is 0 Å². The minimum absolute atomic E-state index is 1.05.